The van der Waals surface area contributed by atoms with Gasteiger partial charge in [-0.1, -0.05) is 6.07 Å². The average Bonchev–Trinajstić information content (AvgIpc) is 2.45. The molecule has 5 heteroatoms. The Hall–Kier alpha value is -1.75. The largest absolute Gasteiger partial charge is 0.496 e. The highest BCUT2D eigenvalue weighted by molar-refractivity contribution is 9.10. The fraction of sp³-hybridized carbons (Fsp3) is 0.214. The van der Waals surface area contributed by atoms with Crippen molar-refractivity contribution in [2.24, 2.45) is 0 Å². The van der Waals surface area contributed by atoms with Gasteiger partial charge in [-0.3, -0.25) is 0 Å². The number of aromatic nitrogens is 1. The second-order valence-electron chi connectivity index (χ2n) is 3.87. The van der Waals surface area contributed by atoms with Crippen LogP contribution in [0.1, 0.15) is 5.69 Å². The molecule has 1 heterocycles. The highest BCUT2D eigenvalue weighted by Gasteiger charge is 2.02. The van der Waals surface area contributed by atoms with Crippen molar-refractivity contribution >= 4 is 21.6 Å². The zero-order valence-electron chi connectivity index (χ0n) is 10.8. The Balaban J connectivity index is 2.03. The van der Waals surface area contributed by atoms with Crippen LogP contribution in [-0.4, -0.2) is 19.2 Å². The van der Waals surface area contributed by atoms with Crippen molar-refractivity contribution in [3.05, 3.63) is 46.6 Å². The highest BCUT2D eigenvalue weighted by atomic mass is 79.9. The van der Waals surface area contributed by atoms with Gasteiger partial charge < -0.3 is 14.8 Å². The first-order chi connectivity index (χ1) is 9.22. The van der Waals surface area contributed by atoms with Gasteiger partial charge >= 0.3 is 0 Å². The molecule has 4 nitrogen and oxygen atoms in total. The number of hydrogen-bond acceptors (Lipinski definition) is 4. The summed E-state index contributed by atoms with van der Waals surface area (Å²) < 4.78 is 11.2. The second-order valence-corrected chi connectivity index (χ2v) is 4.73. The predicted octanol–water partition coefficient (Wildman–Crippen LogP) is 3.47. The minimum absolute atomic E-state index is 0.621. The standard InChI is InChI=1S/C14H15BrN2O2/c1-18-13-7-6-10(8-12(13)15)16-9-11-4-3-5-14(17-11)19-2/h3-8,16H,9H2,1-2H3. The molecule has 100 valence electrons. The van der Waals surface area contributed by atoms with Gasteiger partial charge in [0.05, 0.1) is 30.9 Å². The Labute approximate surface area is 120 Å². The molecule has 0 aliphatic heterocycles. The summed E-state index contributed by atoms with van der Waals surface area (Å²) in [6.45, 7) is 0.635. The lowest BCUT2D eigenvalue weighted by Gasteiger charge is -2.09. The van der Waals surface area contributed by atoms with Gasteiger partial charge in [-0.15, -0.1) is 0 Å². The Morgan fingerprint density at radius 2 is 2.00 bits per heavy atom. The van der Waals surface area contributed by atoms with Crippen LogP contribution in [-0.2, 0) is 6.54 Å². The van der Waals surface area contributed by atoms with Gasteiger partial charge in [0.1, 0.15) is 5.75 Å². The minimum atomic E-state index is 0.621. The Morgan fingerprint density at radius 3 is 2.68 bits per heavy atom. The summed E-state index contributed by atoms with van der Waals surface area (Å²) in [5.41, 5.74) is 1.92. The van der Waals surface area contributed by atoms with Crippen molar-refractivity contribution in [3.63, 3.8) is 0 Å². The number of rotatable bonds is 5. The first-order valence-electron chi connectivity index (χ1n) is 5.80. The third kappa shape index (κ3) is 3.61. The van der Waals surface area contributed by atoms with Gasteiger partial charge in [0.2, 0.25) is 5.88 Å². The SMILES string of the molecule is COc1cccc(CNc2ccc(OC)c(Br)c2)n1. The molecular formula is C14H15BrN2O2. The normalized spacial score (nSPS) is 10.1. The fourth-order valence-electron chi connectivity index (χ4n) is 1.64. The van der Waals surface area contributed by atoms with Gasteiger partial charge in [-0.2, -0.15) is 0 Å². The van der Waals surface area contributed by atoms with E-state index in [2.05, 4.69) is 26.2 Å². The Morgan fingerprint density at radius 1 is 1.16 bits per heavy atom. The lowest BCUT2D eigenvalue weighted by Crippen LogP contribution is -2.02. The third-order valence-corrected chi connectivity index (χ3v) is 3.24. The van der Waals surface area contributed by atoms with E-state index in [0.29, 0.717) is 12.4 Å². The van der Waals surface area contributed by atoms with Crippen molar-refractivity contribution in [2.75, 3.05) is 19.5 Å². The van der Waals surface area contributed by atoms with Crippen molar-refractivity contribution in [3.8, 4) is 11.6 Å². The molecular weight excluding hydrogens is 308 g/mol. The summed E-state index contributed by atoms with van der Waals surface area (Å²) in [5, 5.41) is 3.30. The van der Waals surface area contributed by atoms with Crippen molar-refractivity contribution in [1.29, 1.82) is 0 Å². The monoisotopic (exact) mass is 322 g/mol. The molecule has 19 heavy (non-hydrogen) atoms. The summed E-state index contributed by atoms with van der Waals surface area (Å²) in [7, 11) is 3.26. The van der Waals surface area contributed by atoms with Crippen LogP contribution in [0.25, 0.3) is 0 Å². The number of pyridine rings is 1. The van der Waals surface area contributed by atoms with Crippen molar-refractivity contribution < 1.29 is 9.47 Å². The number of halogens is 1. The van der Waals surface area contributed by atoms with E-state index >= 15 is 0 Å². The van der Waals surface area contributed by atoms with Crippen molar-refractivity contribution in [2.45, 2.75) is 6.54 Å². The molecule has 1 aromatic heterocycles. The molecule has 1 aromatic carbocycles. The van der Waals surface area contributed by atoms with Crippen molar-refractivity contribution in [1.82, 2.24) is 4.98 Å². The zero-order valence-corrected chi connectivity index (χ0v) is 12.4. The van der Waals surface area contributed by atoms with E-state index in [1.807, 2.05) is 36.4 Å². The molecule has 0 saturated carbocycles. The topological polar surface area (TPSA) is 43.4 Å². The summed E-state index contributed by atoms with van der Waals surface area (Å²) in [4.78, 5) is 4.34. The molecule has 0 aliphatic carbocycles. The summed E-state index contributed by atoms with van der Waals surface area (Å²) >= 11 is 3.46. The van der Waals surface area contributed by atoms with Crippen LogP contribution in [0.5, 0.6) is 11.6 Å². The van der Waals surface area contributed by atoms with E-state index in [0.717, 1.165) is 21.6 Å². The summed E-state index contributed by atoms with van der Waals surface area (Å²) in [6.07, 6.45) is 0. The van der Waals surface area contributed by atoms with E-state index in [1.54, 1.807) is 14.2 Å². The number of methoxy groups -OCH3 is 2. The minimum Gasteiger partial charge on any atom is -0.496 e. The van der Waals surface area contributed by atoms with E-state index in [-0.39, 0.29) is 0 Å². The number of nitrogens with zero attached hydrogens (tertiary/aromatic N) is 1. The van der Waals surface area contributed by atoms with Gasteiger partial charge in [0, 0.05) is 11.8 Å². The van der Waals surface area contributed by atoms with Gasteiger partial charge in [-0.05, 0) is 40.2 Å². The third-order valence-electron chi connectivity index (χ3n) is 2.62. The number of benzene rings is 1. The maximum absolute atomic E-state index is 5.19. The maximum Gasteiger partial charge on any atom is 0.213 e. The van der Waals surface area contributed by atoms with E-state index < -0.39 is 0 Å². The molecule has 0 amide bonds. The molecule has 2 aromatic rings. The zero-order chi connectivity index (χ0) is 13.7. The van der Waals surface area contributed by atoms with Gasteiger partial charge in [0.15, 0.2) is 0 Å². The summed E-state index contributed by atoms with van der Waals surface area (Å²) in [5.74, 6) is 1.43. The number of anilines is 1. The molecule has 0 fully saturated rings. The molecule has 0 spiro atoms. The van der Waals surface area contributed by atoms with Crippen LogP contribution in [0.2, 0.25) is 0 Å². The van der Waals surface area contributed by atoms with Crippen LogP contribution < -0.4 is 14.8 Å². The summed E-state index contributed by atoms with van der Waals surface area (Å²) in [6, 6.07) is 11.5. The van der Waals surface area contributed by atoms with E-state index in [9.17, 15) is 0 Å². The quantitative estimate of drug-likeness (QED) is 0.915. The van der Waals surface area contributed by atoms with E-state index in [4.69, 9.17) is 9.47 Å². The number of nitrogens with one attached hydrogen (secondary N) is 1. The van der Waals surface area contributed by atoms with Crippen LogP contribution >= 0.6 is 15.9 Å². The highest BCUT2D eigenvalue weighted by Crippen LogP contribution is 2.27. The maximum atomic E-state index is 5.19. The molecule has 0 atom stereocenters. The van der Waals surface area contributed by atoms with Gasteiger partial charge in [-0.25, -0.2) is 4.98 Å². The second kappa shape index (κ2) is 6.43. The Kier molecular flexibility index (Phi) is 4.63. The first-order valence-corrected chi connectivity index (χ1v) is 6.59. The number of ether oxygens (including phenoxy) is 2. The Bertz CT molecular complexity index is 561. The van der Waals surface area contributed by atoms with Crippen LogP contribution in [0.4, 0.5) is 5.69 Å². The molecule has 2 rings (SSSR count). The smallest absolute Gasteiger partial charge is 0.213 e. The first kappa shape index (κ1) is 13.7. The predicted molar refractivity (Wildman–Crippen MR) is 78.8 cm³/mol. The van der Waals surface area contributed by atoms with Crippen LogP contribution in [0, 0.1) is 0 Å². The van der Waals surface area contributed by atoms with E-state index in [1.165, 1.54) is 0 Å². The molecule has 0 aliphatic rings. The van der Waals surface area contributed by atoms with Crippen LogP contribution in [0.15, 0.2) is 40.9 Å². The molecule has 0 unspecified atom stereocenters. The molecule has 0 saturated heterocycles. The fourth-order valence-corrected chi connectivity index (χ4v) is 2.18. The lowest BCUT2D eigenvalue weighted by molar-refractivity contribution is 0.396. The molecule has 1 N–H and O–H groups in total. The lowest BCUT2D eigenvalue weighted by atomic mass is 10.3. The average molecular weight is 323 g/mol. The number of hydrogen-bond donors (Lipinski definition) is 1. The van der Waals surface area contributed by atoms with Gasteiger partial charge in [0.25, 0.3) is 0 Å². The molecule has 0 bridgehead atoms. The van der Waals surface area contributed by atoms with Crippen LogP contribution in [0.3, 0.4) is 0 Å². The molecule has 0 radical (unpaired) electrons.